The number of thiazole rings is 1. The van der Waals surface area contributed by atoms with Gasteiger partial charge in [-0.15, -0.1) is 11.3 Å². The van der Waals surface area contributed by atoms with Crippen LogP contribution in [0.3, 0.4) is 0 Å². The van der Waals surface area contributed by atoms with Crippen LogP contribution in [-0.4, -0.2) is 22.2 Å². The van der Waals surface area contributed by atoms with E-state index in [1.165, 1.54) is 0 Å². The molecule has 1 aromatic rings. The molecule has 0 aliphatic rings. The fraction of sp³-hybridized carbons (Fsp3) is 0.700. The number of aliphatic hydroxyl groups excluding tert-OH is 1. The number of hydrogen-bond acceptors (Lipinski definition) is 4. The lowest BCUT2D eigenvalue weighted by molar-refractivity contribution is 0.149. The molecule has 0 amide bonds. The Morgan fingerprint density at radius 3 is 2.64 bits per heavy atom. The Balaban J connectivity index is 2.48. The lowest BCUT2D eigenvalue weighted by atomic mass is 9.94. The molecule has 0 atom stereocenters. The second kappa shape index (κ2) is 5.44. The minimum atomic E-state index is -0.135. The first-order chi connectivity index (χ1) is 6.76. The van der Waals surface area contributed by atoms with E-state index in [1.807, 2.05) is 10.9 Å². The van der Waals surface area contributed by atoms with Gasteiger partial charge in [0.05, 0.1) is 17.8 Å². The molecule has 0 saturated heterocycles. The quantitative estimate of drug-likeness (QED) is 0.759. The summed E-state index contributed by atoms with van der Waals surface area (Å²) in [4.78, 5) is 4.20. The fourth-order valence-electron chi connectivity index (χ4n) is 1.38. The second-order valence-electron chi connectivity index (χ2n) is 3.48. The van der Waals surface area contributed by atoms with Crippen LogP contribution in [0.25, 0.3) is 0 Å². The highest BCUT2D eigenvalue weighted by Crippen LogP contribution is 2.15. The molecule has 0 aliphatic heterocycles. The van der Waals surface area contributed by atoms with Crippen molar-refractivity contribution in [3.63, 3.8) is 0 Å². The van der Waals surface area contributed by atoms with Crippen molar-refractivity contribution in [2.45, 2.75) is 38.8 Å². The van der Waals surface area contributed by atoms with Gasteiger partial charge in [0.1, 0.15) is 0 Å². The van der Waals surface area contributed by atoms with Crippen LogP contribution in [0.4, 0.5) is 0 Å². The molecule has 80 valence electrons. The topological polar surface area (TPSA) is 45.1 Å². The van der Waals surface area contributed by atoms with Crippen molar-refractivity contribution in [2.24, 2.45) is 0 Å². The first-order valence-corrected chi connectivity index (χ1v) is 5.93. The van der Waals surface area contributed by atoms with Crippen LogP contribution in [0.15, 0.2) is 10.9 Å². The van der Waals surface area contributed by atoms with E-state index in [2.05, 4.69) is 24.1 Å². The van der Waals surface area contributed by atoms with Crippen LogP contribution in [0, 0.1) is 0 Å². The molecule has 1 aromatic heterocycles. The first kappa shape index (κ1) is 11.6. The van der Waals surface area contributed by atoms with Crippen molar-refractivity contribution in [3.8, 4) is 0 Å². The molecule has 1 heterocycles. The Bertz CT molecular complexity index is 236. The zero-order chi connectivity index (χ0) is 10.4. The summed E-state index contributed by atoms with van der Waals surface area (Å²) in [6.45, 7) is 5.11. The summed E-state index contributed by atoms with van der Waals surface area (Å²) < 4.78 is 0. The number of rotatable bonds is 6. The maximum absolute atomic E-state index is 9.32. The van der Waals surface area contributed by atoms with E-state index in [9.17, 15) is 5.11 Å². The largest absolute Gasteiger partial charge is 0.394 e. The van der Waals surface area contributed by atoms with Gasteiger partial charge in [-0.3, -0.25) is 0 Å². The standard InChI is InChI=1S/C10H18N2OS/c1-3-10(4-2,7-13)12-5-9-6-14-8-11-9/h6,8,12-13H,3-5,7H2,1-2H3. The van der Waals surface area contributed by atoms with Gasteiger partial charge >= 0.3 is 0 Å². The smallest absolute Gasteiger partial charge is 0.0795 e. The molecule has 0 unspecified atom stereocenters. The lowest BCUT2D eigenvalue weighted by Gasteiger charge is -2.30. The maximum Gasteiger partial charge on any atom is 0.0795 e. The van der Waals surface area contributed by atoms with Crippen molar-refractivity contribution in [3.05, 3.63) is 16.6 Å². The summed E-state index contributed by atoms with van der Waals surface area (Å²) in [5.41, 5.74) is 2.74. The Labute approximate surface area is 89.2 Å². The molecule has 1 rings (SSSR count). The normalized spacial score (nSPS) is 11.9. The predicted octanol–water partition coefficient (Wildman–Crippen LogP) is 1.78. The van der Waals surface area contributed by atoms with Crippen molar-refractivity contribution in [1.82, 2.24) is 10.3 Å². The van der Waals surface area contributed by atoms with E-state index in [-0.39, 0.29) is 12.1 Å². The molecular weight excluding hydrogens is 196 g/mol. The SMILES string of the molecule is CCC(CC)(CO)NCc1cscn1. The number of hydrogen-bond donors (Lipinski definition) is 2. The molecule has 0 saturated carbocycles. The predicted molar refractivity (Wildman–Crippen MR) is 59.4 cm³/mol. The lowest BCUT2D eigenvalue weighted by Crippen LogP contribution is -2.47. The van der Waals surface area contributed by atoms with E-state index in [0.29, 0.717) is 0 Å². The molecular formula is C10H18N2OS. The van der Waals surface area contributed by atoms with Gasteiger partial charge in [0.25, 0.3) is 0 Å². The van der Waals surface area contributed by atoms with Crippen LogP contribution in [0.5, 0.6) is 0 Å². The van der Waals surface area contributed by atoms with E-state index >= 15 is 0 Å². The molecule has 0 bridgehead atoms. The van der Waals surface area contributed by atoms with Gasteiger partial charge in [0.2, 0.25) is 0 Å². The number of aliphatic hydroxyl groups is 1. The van der Waals surface area contributed by atoms with E-state index in [4.69, 9.17) is 0 Å². The van der Waals surface area contributed by atoms with Crippen LogP contribution in [0.2, 0.25) is 0 Å². The van der Waals surface area contributed by atoms with Crippen molar-refractivity contribution in [2.75, 3.05) is 6.61 Å². The average Bonchev–Trinajstić information content (AvgIpc) is 2.74. The Hall–Kier alpha value is -0.450. The van der Waals surface area contributed by atoms with Crippen molar-refractivity contribution in [1.29, 1.82) is 0 Å². The van der Waals surface area contributed by atoms with E-state index < -0.39 is 0 Å². The van der Waals surface area contributed by atoms with Crippen molar-refractivity contribution < 1.29 is 5.11 Å². The molecule has 4 heteroatoms. The van der Waals surface area contributed by atoms with E-state index in [1.54, 1.807) is 11.3 Å². The van der Waals surface area contributed by atoms with E-state index in [0.717, 1.165) is 25.1 Å². The van der Waals surface area contributed by atoms with Gasteiger partial charge in [-0.25, -0.2) is 4.98 Å². The summed E-state index contributed by atoms with van der Waals surface area (Å²) in [6.07, 6.45) is 1.87. The highest BCUT2D eigenvalue weighted by atomic mass is 32.1. The summed E-state index contributed by atoms with van der Waals surface area (Å²) >= 11 is 1.60. The summed E-state index contributed by atoms with van der Waals surface area (Å²) in [5, 5.41) is 14.7. The van der Waals surface area contributed by atoms with Gasteiger partial charge in [-0.1, -0.05) is 13.8 Å². The van der Waals surface area contributed by atoms with Crippen LogP contribution >= 0.6 is 11.3 Å². The number of nitrogens with one attached hydrogen (secondary N) is 1. The minimum absolute atomic E-state index is 0.135. The maximum atomic E-state index is 9.32. The van der Waals surface area contributed by atoms with Gasteiger partial charge in [-0.2, -0.15) is 0 Å². The molecule has 3 nitrogen and oxygen atoms in total. The molecule has 2 N–H and O–H groups in total. The molecule has 0 radical (unpaired) electrons. The average molecular weight is 214 g/mol. The molecule has 0 aromatic carbocycles. The van der Waals surface area contributed by atoms with Gasteiger partial charge in [-0.05, 0) is 12.8 Å². The highest BCUT2D eigenvalue weighted by molar-refractivity contribution is 7.07. The third kappa shape index (κ3) is 2.77. The fourth-order valence-corrected chi connectivity index (χ4v) is 1.94. The number of aromatic nitrogens is 1. The molecule has 0 fully saturated rings. The van der Waals surface area contributed by atoms with Crippen molar-refractivity contribution >= 4 is 11.3 Å². The molecule has 14 heavy (non-hydrogen) atoms. The zero-order valence-electron chi connectivity index (χ0n) is 8.79. The van der Waals surface area contributed by atoms with Gasteiger partial charge in [0.15, 0.2) is 0 Å². The van der Waals surface area contributed by atoms with Crippen LogP contribution < -0.4 is 5.32 Å². The highest BCUT2D eigenvalue weighted by Gasteiger charge is 2.24. The van der Waals surface area contributed by atoms with Crippen LogP contribution in [0.1, 0.15) is 32.4 Å². The molecule has 0 aliphatic carbocycles. The second-order valence-corrected chi connectivity index (χ2v) is 4.20. The van der Waals surface area contributed by atoms with Gasteiger partial charge < -0.3 is 10.4 Å². The van der Waals surface area contributed by atoms with Crippen LogP contribution in [-0.2, 0) is 6.54 Å². The summed E-state index contributed by atoms with van der Waals surface area (Å²) in [5.74, 6) is 0. The summed E-state index contributed by atoms with van der Waals surface area (Å²) in [7, 11) is 0. The molecule has 0 spiro atoms. The Morgan fingerprint density at radius 1 is 1.50 bits per heavy atom. The van der Waals surface area contributed by atoms with Gasteiger partial charge in [0, 0.05) is 17.5 Å². The number of nitrogens with zero attached hydrogens (tertiary/aromatic N) is 1. The monoisotopic (exact) mass is 214 g/mol. The minimum Gasteiger partial charge on any atom is -0.394 e. The Kier molecular flexibility index (Phi) is 4.51. The Morgan fingerprint density at radius 2 is 2.21 bits per heavy atom. The third-order valence-electron chi connectivity index (χ3n) is 2.78. The first-order valence-electron chi connectivity index (χ1n) is 4.99. The zero-order valence-corrected chi connectivity index (χ0v) is 9.60. The summed E-state index contributed by atoms with van der Waals surface area (Å²) in [6, 6.07) is 0. The third-order valence-corrected chi connectivity index (χ3v) is 3.42.